The second-order valence-electron chi connectivity index (χ2n) is 6.03. The molecule has 0 fully saturated rings. The largest absolute Gasteiger partial charge is 0.507 e. The topological polar surface area (TPSA) is 20.2 Å². The molecular formula is C15H26OSi. The molecule has 0 aliphatic carbocycles. The van der Waals surface area contributed by atoms with Crippen LogP contribution in [0.1, 0.15) is 30.5 Å². The van der Waals surface area contributed by atoms with Crippen LogP contribution in [0.25, 0.3) is 0 Å². The van der Waals surface area contributed by atoms with Gasteiger partial charge in [-0.1, -0.05) is 51.7 Å². The molecule has 0 radical (unpaired) electrons. The summed E-state index contributed by atoms with van der Waals surface area (Å²) in [5.41, 5.74) is 3.61. The van der Waals surface area contributed by atoms with E-state index in [0.29, 0.717) is 5.75 Å². The Labute approximate surface area is 107 Å². The summed E-state index contributed by atoms with van der Waals surface area (Å²) in [6, 6.07) is 5.70. The zero-order chi connectivity index (χ0) is 13.1. The zero-order valence-electron chi connectivity index (χ0n) is 11.9. The fourth-order valence-electron chi connectivity index (χ4n) is 2.03. The monoisotopic (exact) mass is 250 g/mol. The second-order valence-corrected chi connectivity index (χ2v) is 11.7. The Morgan fingerprint density at radius 3 is 1.82 bits per heavy atom. The van der Waals surface area contributed by atoms with Gasteiger partial charge in [0.25, 0.3) is 0 Å². The van der Waals surface area contributed by atoms with Crippen LogP contribution in [0.3, 0.4) is 0 Å². The summed E-state index contributed by atoms with van der Waals surface area (Å²) in [6.45, 7) is 11.5. The van der Waals surface area contributed by atoms with Gasteiger partial charge in [-0.05, 0) is 36.0 Å². The first-order valence-electron chi connectivity index (χ1n) is 6.71. The number of hydrogen-bond donors (Lipinski definition) is 1. The normalized spacial score (nSPS) is 11.8. The Morgan fingerprint density at radius 1 is 1.00 bits per heavy atom. The van der Waals surface area contributed by atoms with E-state index in [2.05, 4.69) is 45.6 Å². The number of rotatable bonds is 5. The Balaban J connectivity index is 2.93. The van der Waals surface area contributed by atoms with E-state index in [4.69, 9.17) is 0 Å². The van der Waals surface area contributed by atoms with Crippen LogP contribution in [0.15, 0.2) is 12.1 Å². The van der Waals surface area contributed by atoms with E-state index in [0.717, 1.165) is 30.4 Å². The lowest BCUT2D eigenvalue weighted by Gasteiger charge is -2.17. The van der Waals surface area contributed by atoms with Gasteiger partial charge in [0, 0.05) is 8.07 Å². The summed E-state index contributed by atoms with van der Waals surface area (Å²) in [5.74, 6) is 0.520. The molecule has 96 valence electrons. The minimum absolute atomic E-state index is 0.520. The van der Waals surface area contributed by atoms with Crippen LogP contribution in [0, 0.1) is 0 Å². The summed E-state index contributed by atoms with van der Waals surface area (Å²) in [5, 5.41) is 10.1. The van der Waals surface area contributed by atoms with Crippen LogP contribution in [0.2, 0.25) is 25.7 Å². The number of aryl methyl sites for hydroxylation is 3. The molecular weight excluding hydrogens is 224 g/mol. The van der Waals surface area contributed by atoms with Gasteiger partial charge < -0.3 is 5.11 Å². The summed E-state index contributed by atoms with van der Waals surface area (Å²) >= 11 is 0. The molecule has 1 N–H and O–H groups in total. The predicted octanol–water partition coefficient (Wildman–Crippen LogP) is 4.40. The number of aromatic hydroxyl groups is 1. The van der Waals surface area contributed by atoms with Gasteiger partial charge in [-0.25, -0.2) is 0 Å². The summed E-state index contributed by atoms with van der Waals surface area (Å²) in [4.78, 5) is 0. The molecule has 0 atom stereocenters. The second kappa shape index (κ2) is 5.72. The van der Waals surface area contributed by atoms with E-state index >= 15 is 0 Å². The van der Waals surface area contributed by atoms with Gasteiger partial charge in [-0.2, -0.15) is 0 Å². The molecule has 0 saturated heterocycles. The third-order valence-electron chi connectivity index (χ3n) is 3.25. The molecule has 1 aromatic carbocycles. The van der Waals surface area contributed by atoms with Gasteiger partial charge in [0.05, 0.1) is 0 Å². The number of phenols is 1. The van der Waals surface area contributed by atoms with Crippen LogP contribution in [0.4, 0.5) is 0 Å². The van der Waals surface area contributed by atoms with Crippen molar-refractivity contribution >= 4 is 8.07 Å². The molecule has 0 bridgehead atoms. The average molecular weight is 250 g/mol. The van der Waals surface area contributed by atoms with Crippen LogP contribution in [0.5, 0.6) is 5.75 Å². The molecule has 0 aromatic heterocycles. The molecule has 1 aromatic rings. The van der Waals surface area contributed by atoms with Crippen LogP contribution in [-0.2, 0) is 19.3 Å². The minimum Gasteiger partial charge on any atom is -0.507 e. The van der Waals surface area contributed by atoms with Gasteiger partial charge in [-0.3, -0.25) is 0 Å². The van der Waals surface area contributed by atoms with Gasteiger partial charge in [0.15, 0.2) is 0 Å². The molecule has 0 unspecified atom stereocenters. The summed E-state index contributed by atoms with van der Waals surface area (Å²) < 4.78 is 0. The third kappa shape index (κ3) is 4.19. The van der Waals surface area contributed by atoms with Gasteiger partial charge in [-0.15, -0.1) is 0 Å². The summed E-state index contributed by atoms with van der Waals surface area (Å²) in [6.07, 6.45) is 3.00. The average Bonchev–Trinajstić information content (AvgIpc) is 2.26. The third-order valence-corrected chi connectivity index (χ3v) is 5.00. The highest BCUT2D eigenvalue weighted by molar-refractivity contribution is 6.76. The van der Waals surface area contributed by atoms with Crippen molar-refractivity contribution in [3.63, 3.8) is 0 Å². The Hall–Kier alpha value is -0.763. The molecule has 0 aliphatic rings. The van der Waals surface area contributed by atoms with Crippen molar-refractivity contribution in [2.24, 2.45) is 0 Å². The van der Waals surface area contributed by atoms with Gasteiger partial charge in [0.1, 0.15) is 5.75 Å². The molecule has 17 heavy (non-hydrogen) atoms. The van der Waals surface area contributed by atoms with E-state index in [1.807, 2.05) is 0 Å². The maximum Gasteiger partial charge on any atom is 0.121 e. The Kier molecular flexibility index (Phi) is 4.81. The van der Waals surface area contributed by atoms with Crippen LogP contribution in [-0.4, -0.2) is 13.2 Å². The molecule has 0 spiro atoms. The molecule has 2 heteroatoms. The maximum absolute atomic E-state index is 10.1. The first kappa shape index (κ1) is 14.3. The van der Waals surface area contributed by atoms with Crippen molar-refractivity contribution in [3.05, 3.63) is 28.8 Å². The molecule has 1 rings (SSSR count). The Morgan fingerprint density at radius 2 is 1.47 bits per heavy atom. The molecule has 0 aliphatic heterocycles. The fraction of sp³-hybridized carbons (Fsp3) is 0.600. The lowest BCUT2D eigenvalue weighted by molar-refractivity contribution is 0.462. The molecule has 1 nitrogen and oxygen atoms in total. The van der Waals surface area contributed by atoms with Crippen LogP contribution >= 0.6 is 0 Å². The predicted molar refractivity (Wildman–Crippen MR) is 78.7 cm³/mol. The smallest absolute Gasteiger partial charge is 0.121 e. The number of phenolic OH excluding ortho intramolecular Hbond substituents is 1. The first-order valence-corrected chi connectivity index (χ1v) is 10.4. The highest BCUT2D eigenvalue weighted by Crippen LogP contribution is 2.27. The van der Waals surface area contributed by atoms with Crippen molar-refractivity contribution in [1.82, 2.24) is 0 Å². The van der Waals surface area contributed by atoms with Crippen molar-refractivity contribution in [1.29, 1.82) is 0 Å². The first-order chi connectivity index (χ1) is 7.87. The standard InChI is InChI=1S/C15H26OSi/c1-6-13-10-12(8-9-17(3,4)5)11-14(7-2)15(13)16/h10-11,16H,6-9H2,1-5H3. The van der Waals surface area contributed by atoms with Gasteiger partial charge in [0.2, 0.25) is 0 Å². The van der Waals surface area contributed by atoms with Crippen molar-refractivity contribution in [2.75, 3.05) is 0 Å². The Bertz CT molecular complexity index is 352. The number of benzene rings is 1. The highest BCUT2D eigenvalue weighted by Gasteiger charge is 2.14. The minimum atomic E-state index is -0.971. The van der Waals surface area contributed by atoms with Crippen molar-refractivity contribution < 1.29 is 5.11 Å². The molecule has 0 amide bonds. The van der Waals surface area contributed by atoms with E-state index in [1.165, 1.54) is 11.6 Å². The van der Waals surface area contributed by atoms with Crippen LogP contribution < -0.4 is 0 Å². The van der Waals surface area contributed by atoms with Gasteiger partial charge >= 0.3 is 0 Å². The van der Waals surface area contributed by atoms with E-state index in [9.17, 15) is 5.11 Å². The zero-order valence-corrected chi connectivity index (χ0v) is 12.9. The SMILES string of the molecule is CCc1cc(CC[Si](C)(C)C)cc(CC)c1O. The summed E-state index contributed by atoms with van der Waals surface area (Å²) in [7, 11) is -0.971. The number of hydrogen-bond acceptors (Lipinski definition) is 1. The van der Waals surface area contributed by atoms with E-state index < -0.39 is 8.07 Å². The molecule has 0 saturated carbocycles. The van der Waals surface area contributed by atoms with Crippen molar-refractivity contribution in [2.45, 2.75) is 58.8 Å². The lowest BCUT2D eigenvalue weighted by atomic mass is 9.99. The quantitative estimate of drug-likeness (QED) is 0.768. The van der Waals surface area contributed by atoms with E-state index in [-0.39, 0.29) is 0 Å². The fourth-order valence-corrected chi connectivity index (χ4v) is 3.07. The van der Waals surface area contributed by atoms with Crippen molar-refractivity contribution in [3.8, 4) is 5.75 Å². The van der Waals surface area contributed by atoms with E-state index in [1.54, 1.807) is 0 Å². The molecule has 0 heterocycles. The lowest BCUT2D eigenvalue weighted by Crippen LogP contribution is -2.20. The maximum atomic E-state index is 10.1. The highest BCUT2D eigenvalue weighted by atomic mass is 28.3.